The van der Waals surface area contributed by atoms with Crippen LogP contribution in [0.4, 0.5) is 0 Å². The van der Waals surface area contributed by atoms with Crippen molar-refractivity contribution in [1.82, 2.24) is 9.62 Å². The fourth-order valence-electron chi connectivity index (χ4n) is 2.26. The van der Waals surface area contributed by atoms with Crippen molar-refractivity contribution in [3.63, 3.8) is 0 Å². The predicted molar refractivity (Wildman–Crippen MR) is 95.7 cm³/mol. The lowest BCUT2D eigenvalue weighted by molar-refractivity contribution is -0.118. The number of nitrogens with zero attached hydrogens (tertiary/aromatic N) is 2. The van der Waals surface area contributed by atoms with Crippen molar-refractivity contribution in [2.45, 2.75) is 0 Å². The van der Waals surface area contributed by atoms with Crippen LogP contribution in [0.5, 0.6) is 11.5 Å². The zero-order chi connectivity index (χ0) is 19.3. The van der Waals surface area contributed by atoms with E-state index >= 15 is 0 Å². The van der Waals surface area contributed by atoms with Crippen molar-refractivity contribution in [2.24, 2.45) is 4.40 Å². The Hall–Kier alpha value is -2.59. The third-order valence-electron chi connectivity index (χ3n) is 3.68. The molecule has 142 valence electrons. The van der Waals surface area contributed by atoms with Crippen LogP contribution in [0.15, 0.2) is 34.4 Å². The van der Waals surface area contributed by atoms with E-state index < -0.39 is 16.1 Å². The number of amides is 1. The molecule has 0 fully saturated rings. The zero-order valence-electron chi connectivity index (χ0n) is 15.0. The number of carbonyl (C=O) groups excluding carboxylic acids is 1. The largest absolute Gasteiger partial charge is 0.497 e. The molecule has 0 bridgehead atoms. The highest BCUT2D eigenvalue weighted by Gasteiger charge is 2.30. The maximum atomic E-state index is 12.4. The Labute approximate surface area is 152 Å². The number of methoxy groups -OCH3 is 3. The summed E-state index contributed by atoms with van der Waals surface area (Å²) >= 11 is 0. The SMILES string of the molecule is COCCNC(=O)C1=CC(c2cc(OC)ccc2OC)=NS(=O)(=O)N1C. The number of allylic oxidation sites excluding steroid dienone is 1. The minimum absolute atomic E-state index is 0.0593. The number of likely N-dealkylation sites (N-methyl/N-ethyl adjacent to an activating group) is 1. The summed E-state index contributed by atoms with van der Waals surface area (Å²) in [7, 11) is 1.65. The highest BCUT2D eigenvalue weighted by molar-refractivity contribution is 7.88. The van der Waals surface area contributed by atoms with Crippen molar-refractivity contribution in [1.29, 1.82) is 0 Å². The molecule has 1 aromatic carbocycles. The molecule has 1 amide bonds. The van der Waals surface area contributed by atoms with Crippen molar-refractivity contribution < 1.29 is 27.4 Å². The van der Waals surface area contributed by atoms with Crippen LogP contribution in [0.2, 0.25) is 0 Å². The first kappa shape index (κ1) is 19.7. The van der Waals surface area contributed by atoms with Gasteiger partial charge in [0, 0.05) is 26.3 Å². The summed E-state index contributed by atoms with van der Waals surface area (Å²) in [5.41, 5.74) is 0.414. The molecule has 2 rings (SSSR count). The molecule has 0 unspecified atom stereocenters. The topological polar surface area (TPSA) is 107 Å². The van der Waals surface area contributed by atoms with Gasteiger partial charge in [0.25, 0.3) is 5.91 Å². The third kappa shape index (κ3) is 4.14. The fraction of sp³-hybridized carbons (Fsp3) is 0.375. The van der Waals surface area contributed by atoms with E-state index in [4.69, 9.17) is 14.2 Å². The molecule has 1 aliphatic rings. The summed E-state index contributed by atoms with van der Waals surface area (Å²) in [6.45, 7) is 0.551. The maximum absolute atomic E-state index is 12.4. The lowest BCUT2D eigenvalue weighted by Crippen LogP contribution is -2.39. The number of rotatable bonds is 7. The Morgan fingerprint density at radius 2 is 1.96 bits per heavy atom. The highest BCUT2D eigenvalue weighted by atomic mass is 32.2. The Morgan fingerprint density at radius 1 is 1.23 bits per heavy atom. The molecule has 1 heterocycles. The number of hydrogen-bond acceptors (Lipinski definition) is 6. The molecule has 10 heteroatoms. The van der Waals surface area contributed by atoms with E-state index in [-0.39, 0.29) is 18.0 Å². The van der Waals surface area contributed by atoms with E-state index in [0.29, 0.717) is 23.7 Å². The quantitative estimate of drug-likeness (QED) is 0.680. The monoisotopic (exact) mass is 383 g/mol. The van der Waals surface area contributed by atoms with Gasteiger partial charge in [0.1, 0.15) is 17.2 Å². The van der Waals surface area contributed by atoms with Crippen molar-refractivity contribution >= 4 is 21.8 Å². The molecule has 0 radical (unpaired) electrons. The van der Waals surface area contributed by atoms with Gasteiger partial charge in [0.05, 0.1) is 26.5 Å². The molecule has 1 aromatic rings. The van der Waals surface area contributed by atoms with Crippen LogP contribution in [-0.4, -0.2) is 65.9 Å². The summed E-state index contributed by atoms with van der Waals surface area (Å²) in [6.07, 6.45) is 1.39. The van der Waals surface area contributed by atoms with Crippen LogP contribution in [0.1, 0.15) is 5.56 Å². The van der Waals surface area contributed by atoms with Gasteiger partial charge in [0.15, 0.2) is 0 Å². The van der Waals surface area contributed by atoms with Gasteiger partial charge in [-0.1, -0.05) is 0 Å². The van der Waals surface area contributed by atoms with Gasteiger partial charge in [-0.2, -0.15) is 8.42 Å². The van der Waals surface area contributed by atoms with E-state index in [1.807, 2.05) is 0 Å². The van der Waals surface area contributed by atoms with Crippen molar-refractivity contribution in [3.05, 3.63) is 35.5 Å². The van der Waals surface area contributed by atoms with Crippen LogP contribution < -0.4 is 14.8 Å². The van der Waals surface area contributed by atoms with Gasteiger partial charge < -0.3 is 19.5 Å². The van der Waals surface area contributed by atoms with E-state index in [0.717, 1.165) is 4.31 Å². The molecule has 0 atom stereocenters. The summed E-state index contributed by atoms with van der Waals surface area (Å²) in [4.78, 5) is 12.4. The molecule has 1 N–H and O–H groups in total. The summed E-state index contributed by atoms with van der Waals surface area (Å²) in [5, 5.41) is 2.60. The number of nitrogens with one attached hydrogen (secondary N) is 1. The van der Waals surface area contributed by atoms with E-state index in [1.165, 1.54) is 34.5 Å². The summed E-state index contributed by atoms with van der Waals surface area (Å²) in [5.74, 6) is 0.349. The standard InChI is InChI=1S/C16H21N3O6S/c1-19-14(16(20)17-7-8-23-2)10-13(18-26(19,21)22)12-9-11(24-3)5-6-15(12)25-4/h5-6,9-10H,7-8H2,1-4H3,(H,17,20). The molecule has 1 aliphatic heterocycles. The lowest BCUT2D eigenvalue weighted by Gasteiger charge is -2.24. The molecule has 0 aliphatic carbocycles. The minimum atomic E-state index is -4.06. The van der Waals surface area contributed by atoms with Crippen LogP contribution in [0.3, 0.4) is 0 Å². The van der Waals surface area contributed by atoms with Gasteiger partial charge in [-0.15, -0.1) is 4.40 Å². The van der Waals surface area contributed by atoms with Gasteiger partial charge in [0.2, 0.25) is 0 Å². The van der Waals surface area contributed by atoms with Crippen LogP contribution in [0.25, 0.3) is 0 Å². The van der Waals surface area contributed by atoms with Gasteiger partial charge in [-0.05, 0) is 24.3 Å². The van der Waals surface area contributed by atoms with Gasteiger partial charge >= 0.3 is 10.2 Å². The molecule has 26 heavy (non-hydrogen) atoms. The van der Waals surface area contributed by atoms with Gasteiger partial charge in [-0.25, -0.2) is 4.31 Å². The second-order valence-electron chi connectivity index (χ2n) is 5.27. The van der Waals surface area contributed by atoms with Gasteiger partial charge in [-0.3, -0.25) is 4.79 Å². The average molecular weight is 383 g/mol. The minimum Gasteiger partial charge on any atom is -0.497 e. The number of hydrogen-bond donors (Lipinski definition) is 1. The van der Waals surface area contributed by atoms with Crippen LogP contribution in [0, 0.1) is 0 Å². The van der Waals surface area contributed by atoms with Crippen LogP contribution in [-0.2, 0) is 19.7 Å². The van der Waals surface area contributed by atoms with E-state index in [9.17, 15) is 13.2 Å². The average Bonchev–Trinajstić information content (AvgIpc) is 2.63. The Bertz CT molecular complexity index is 848. The second kappa shape index (κ2) is 8.19. The predicted octanol–water partition coefficient (Wildman–Crippen LogP) is 0.330. The smallest absolute Gasteiger partial charge is 0.345 e. The highest BCUT2D eigenvalue weighted by Crippen LogP contribution is 2.28. The first-order chi connectivity index (χ1) is 12.3. The van der Waals surface area contributed by atoms with E-state index in [1.54, 1.807) is 18.2 Å². The van der Waals surface area contributed by atoms with E-state index in [2.05, 4.69) is 9.71 Å². The zero-order valence-corrected chi connectivity index (χ0v) is 15.8. The first-order valence-electron chi connectivity index (χ1n) is 7.64. The first-order valence-corrected chi connectivity index (χ1v) is 9.03. The normalized spacial score (nSPS) is 15.8. The lowest BCUT2D eigenvalue weighted by atomic mass is 10.1. The van der Waals surface area contributed by atoms with Crippen LogP contribution >= 0.6 is 0 Å². The number of benzene rings is 1. The van der Waals surface area contributed by atoms with Crippen molar-refractivity contribution in [3.8, 4) is 11.5 Å². The Kier molecular flexibility index (Phi) is 6.22. The number of carbonyl (C=O) groups is 1. The Balaban J connectivity index is 2.49. The molecular weight excluding hydrogens is 362 g/mol. The molecule has 0 saturated carbocycles. The molecule has 0 saturated heterocycles. The molecule has 0 aromatic heterocycles. The van der Waals surface area contributed by atoms with Crippen molar-refractivity contribution in [2.75, 3.05) is 41.5 Å². The molecular formula is C16H21N3O6S. The summed E-state index contributed by atoms with van der Waals surface area (Å²) in [6, 6.07) is 4.90. The fourth-order valence-corrected chi connectivity index (χ4v) is 3.17. The summed E-state index contributed by atoms with van der Waals surface area (Å²) < 4.78 is 44.7. The molecule has 0 spiro atoms. The Morgan fingerprint density at radius 3 is 2.58 bits per heavy atom. The third-order valence-corrected chi connectivity index (χ3v) is 5.00. The number of ether oxygens (including phenoxy) is 3. The second-order valence-corrected chi connectivity index (χ2v) is 6.89. The maximum Gasteiger partial charge on any atom is 0.345 e. The molecule has 9 nitrogen and oxygen atoms in total.